The molecule has 1 N–H and O–H groups in total. The molecule has 0 fully saturated rings. The van der Waals surface area contributed by atoms with Crippen LogP contribution in [0.1, 0.15) is 24.8 Å². The first kappa shape index (κ1) is 13.9. The normalized spacial score (nSPS) is 10.4. The monoisotopic (exact) mass is 249 g/mol. The first-order chi connectivity index (χ1) is 8.68. The van der Waals surface area contributed by atoms with Crippen LogP contribution < -0.4 is 0 Å². The van der Waals surface area contributed by atoms with Gasteiger partial charge in [0.1, 0.15) is 6.42 Å². The van der Waals surface area contributed by atoms with E-state index in [2.05, 4.69) is 4.98 Å². The molecular formula is C13H15NO4. The molecule has 1 aromatic rings. The van der Waals surface area contributed by atoms with Gasteiger partial charge < -0.3 is 9.84 Å². The number of unbranched alkanes of at least 4 members (excludes halogenated alkanes) is 1. The Hall–Kier alpha value is -2.17. The lowest BCUT2D eigenvalue weighted by atomic mass is 10.2. The van der Waals surface area contributed by atoms with E-state index >= 15 is 0 Å². The molecule has 0 saturated heterocycles. The summed E-state index contributed by atoms with van der Waals surface area (Å²) < 4.78 is 4.74. The average molecular weight is 249 g/mol. The predicted molar refractivity (Wildman–Crippen MR) is 65.7 cm³/mol. The number of aliphatic carboxylic acids is 1. The van der Waals surface area contributed by atoms with E-state index in [1.54, 1.807) is 12.4 Å². The molecule has 1 heterocycles. The first-order valence-corrected chi connectivity index (χ1v) is 5.62. The van der Waals surface area contributed by atoms with Crippen molar-refractivity contribution in [2.75, 3.05) is 6.61 Å². The van der Waals surface area contributed by atoms with Crippen molar-refractivity contribution in [1.29, 1.82) is 0 Å². The number of allylic oxidation sites excluding steroid dienone is 1. The van der Waals surface area contributed by atoms with E-state index in [0.717, 1.165) is 12.0 Å². The van der Waals surface area contributed by atoms with Crippen LogP contribution in [-0.4, -0.2) is 28.6 Å². The number of hydrogen-bond acceptors (Lipinski definition) is 4. The van der Waals surface area contributed by atoms with E-state index in [9.17, 15) is 9.59 Å². The number of rotatable bonds is 7. The number of carboxylic acid groups (broad SMARTS) is 1. The van der Waals surface area contributed by atoms with Gasteiger partial charge in [-0.25, -0.2) is 0 Å². The standard InChI is InChI=1S/C13H15NO4/c15-12(16)9-13(17)18-8-3-1-2-5-11-6-4-7-14-10-11/h2,4-7,10H,1,3,8-9H2,(H,15,16). The number of aromatic nitrogens is 1. The Morgan fingerprint density at radius 1 is 1.44 bits per heavy atom. The van der Waals surface area contributed by atoms with Crippen molar-refractivity contribution in [3.63, 3.8) is 0 Å². The van der Waals surface area contributed by atoms with Crippen molar-refractivity contribution in [2.45, 2.75) is 19.3 Å². The molecule has 0 unspecified atom stereocenters. The van der Waals surface area contributed by atoms with Gasteiger partial charge in [0, 0.05) is 12.4 Å². The van der Waals surface area contributed by atoms with E-state index in [0.29, 0.717) is 6.42 Å². The van der Waals surface area contributed by atoms with Crippen LogP contribution in [0.3, 0.4) is 0 Å². The summed E-state index contributed by atoms with van der Waals surface area (Å²) in [6.45, 7) is 0.240. The minimum atomic E-state index is -1.17. The van der Waals surface area contributed by atoms with Gasteiger partial charge in [-0.05, 0) is 24.5 Å². The summed E-state index contributed by atoms with van der Waals surface area (Å²) >= 11 is 0. The van der Waals surface area contributed by atoms with E-state index in [4.69, 9.17) is 9.84 Å². The number of nitrogens with zero attached hydrogens (tertiary/aromatic N) is 1. The second kappa shape index (κ2) is 8.00. The summed E-state index contributed by atoms with van der Waals surface area (Å²) in [6, 6.07) is 3.80. The molecule has 0 bridgehead atoms. The Morgan fingerprint density at radius 2 is 2.28 bits per heavy atom. The van der Waals surface area contributed by atoms with Crippen LogP contribution in [0.15, 0.2) is 30.6 Å². The van der Waals surface area contributed by atoms with Crippen LogP contribution in [0.25, 0.3) is 6.08 Å². The highest BCUT2D eigenvalue weighted by Crippen LogP contribution is 2.01. The van der Waals surface area contributed by atoms with Crippen molar-refractivity contribution < 1.29 is 19.4 Å². The third kappa shape index (κ3) is 6.42. The minimum absolute atomic E-state index is 0.240. The number of pyridine rings is 1. The molecule has 0 spiro atoms. The summed E-state index contributed by atoms with van der Waals surface area (Å²) in [5, 5.41) is 8.33. The quantitative estimate of drug-likeness (QED) is 0.453. The van der Waals surface area contributed by atoms with Crippen LogP contribution in [0, 0.1) is 0 Å². The summed E-state index contributed by atoms with van der Waals surface area (Å²) in [5.41, 5.74) is 1.01. The third-order valence-electron chi connectivity index (χ3n) is 2.07. The summed E-state index contributed by atoms with van der Waals surface area (Å²) in [5.74, 6) is -1.87. The van der Waals surface area contributed by atoms with Gasteiger partial charge in [-0.1, -0.05) is 18.2 Å². The molecule has 96 valence electrons. The molecule has 0 aliphatic carbocycles. The fraction of sp³-hybridized carbons (Fsp3) is 0.308. The molecule has 0 aliphatic rings. The highest BCUT2D eigenvalue weighted by molar-refractivity contribution is 5.90. The van der Waals surface area contributed by atoms with Crippen LogP contribution in [0.5, 0.6) is 0 Å². The fourth-order valence-electron chi connectivity index (χ4n) is 1.26. The number of esters is 1. The number of carbonyl (C=O) groups is 2. The topological polar surface area (TPSA) is 76.5 Å². The minimum Gasteiger partial charge on any atom is -0.481 e. The van der Waals surface area contributed by atoms with E-state index in [1.807, 2.05) is 24.3 Å². The number of hydrogen-bond donors (Lipinski definition) is 1. The lowest BCUT2D eigenvalue weighted by Gasteiger charge is -2.00. The van der Waals surface area contributed by atoms with Gasteiger partial charge in [0.15, 0.2) is 0 Å². The lowest BCUT2D eigenvalue weighted by Crippen LogP contribution is -2.11. The maximum Gasteiger partial charge on any atom is 0.317 e. The molecule has 0 atom stereocenters. The van der Waals surface area contributed by atoms with Crippen LogP contribution >= 0.6 is 0 Å². The summed E-state index contributed by atoms with van der Waals surface area (Å²) in [7, 11) is 0. The van der Waals surface area contributed by atoms with Gasteiger partial charge in [-0.3, -0.25) is 14.6 Å². The molecule has 0 saturated carbocycles. The molecule has 1 rings (SSSR count). The number of carboxylic acids is 1. The molecule has 5 nitrogen and oxygen atoms in total. The van der Waals surface area contributed by atoms with Gasteiger partial charge in [-0.2, -0.15) is 0 Å². The SMILES string of the molecule is O=C(O)CC(=O)OCCCC=Cc1cccnc1. The largest absolute Gasteiger partial charge is 0.481 e. The Bertz CT molecular complexity index is 414. The maximum atomic E-state index is 10.9. The van der Waals surface area contributed by atoms with E-state index < -0.39 is 18.4 Å². The number of carbonyl (C=O) groups excluding carboxylic acids is 1. The first-order valence-electron chi connectivity index (χ1n) is 5.62. The second-order valence-corrected chi connectivity index (χ2v) is 3.62. The van der Waals surface area contributed by atoms with E-state index in [-0.39, 0.29) is 6.61 Å². The molecule has 0 aromatic carbocycles. The third-order valence-corrected chi connectivity index (χ3v) is 2.07. The maximum absolute atomic E-state index is 10.9. The number of ether oxygens (including phenoxy) is 1. The molecule has 5 heteroatoms. The Kier molecular flexibility index (Phi) is 6.17. The Balaban J connectivity index is 2.10. The molecular weight excluding hydrogens is 234 g/mol. The Morgan fingerprint density at radius 3 is 2.94 bits per heavy atom. The summed E-state index contributed by atoms with van der Waals surface area (Å²) in [6.07, 6.45) is 8.21. The van der Waals surface area contributed by atoms with Crippen molar-refractivity contribution in [1.82, 2.24) is 4.98 Å². The molecule has 0 radical (unpaired) electrons. The zero-order valence-corrected chi connectivity index (χ0v) is 9.91. The van der Waals surface area contributed by atoms with Gasteiger partial charge in [0.25, 0.3) is 0 Å². The molecule has 0 amide bonds. The zero-order valence-electron chi connectivity index (χ0n) is 9.91. The molecule has 1 aromatic heterocycles. The van der Waals surface area contributed by atoms with Crippen molar-refractivity contribution in [3.05, 3.63) is 36.2 Å². The second-order valence-electron chi connectivity index (χ2n) is 3.62. The molecule has 18 heavy (non-hydrogen) atoms. The smallest absolute Gasteiger partial charge is 0.317 e. The van der Waals surface area contributed by atoms with Gasteiger partial charge >= 0.3 is 11.9 Å². The van der Waals surface area contributed by atoms with E-state index in [1.165, 1.54) is 0 Å². The van der Waals surface area contributed by atoms with Gasteiger partial charge in [0.05, 0.1) is 6.61 Å². The van der Waals surface area contributed by atoms with Crippen molar-refractivity contribution in [3.8, 4) is 0 Å². The molecule has 0 aliphatic heterocycles. The lowest BCUT2D eigenvalue weighted by molar-refractivity contribution is -0.151. The highest BCUT2D eigenvalue weighted by Gasteiger charge is 2.07. The fourth-order valence-corrected chi connectivity index (χ4v) is 1.26. The Labute approximate surface area is 105 Å². The average Bonchev–Trinajstić information content (AvgIpc) is 2.34. The van der Waals surface area contributed by atoms with Gasteiger partial charge in [-0.15, -0.1) is 0 Å². The van der Waals surface area contributed by atoms with Crippen molar-refractivity contribution in [2.24, 2.45) is 0 Å². The predicted octanol–water partition coefficient (Wildman–Crippen LogP) is 1.89. The van der Waals surface area contributed by atoms with Crippen LogP contribution in [0.4, 0.5) is 0 Å². The van der Waals surface area contributed by atoms with Crippen LogP contribution in [0.2, 0.25) is 0 Å². The highest BCUT2D eigenvalue weighted by atomic mass is 16.5. The summed E-state index contributed by atoms with van der Waals surface area (Å²) in [4.78, 5) is 25.0. The van der Waals surface area contributed by atoms with Crippen LogP contribution in [-0.2, 0) is 14.3 Å². The zero-order chi connectivity index (χ0) is 13.2. The van der Waals surface area contributed by atoms with Crippen molar-refractivity contribution >= 4 is 18.0 Å². The van der Waals surface area contributed by atoms with Gasteiger partial charge in [0.2, 0.25) is 0 Å².